The van der Waals surface area contributed by atoms with Gasteiger partial charge in [-0.3, -0.25) is 4.79 Å². The molecule has 1 unspecified atom stereocenters. The maximum Gasteiger partial charge on any atom is 0.312 e. The smallest absolute Gasteiger partial charge is 0.312 e. The Morgan fingerprint density at radius 3 is 2.28 bits per heavy atom. The zero-order valence-electron chi connectivity index (χ0n) is 11.8. The molecule has 0 radical (unpaired) electrons. The number of nitrogens with zero attached hydrogens (tertiary/aromatic N) is 3. The summed E-state index contributed by atoms with van der Waals surface area (Å²) >= 11 is 0. The van der Waals surface area contributed by atoms with Gasteiger partial charge in [-0.25, -0.2) is 0 Å². The minimum atomic E-state index is -0.951. The van der Waals surface area contributed by atoms with E-state index in [1.54, 1.807) is 0 Å². The van der Waals surface area contributed by atoms with Gasteiger partial charge in [-0.2, -0.15) is 0 Å². The van der Waals surface area contributed by atoms with E-state index in [1.807, 2.05) is 34.6 Å². The van der Waals surface area contributed by atoms with Crippen LogP contribution in [0.1, 0.15) is 34.6 Å². The van der Waals surface area contributed by atoms with Crippen molar-refractivity contribution in [1.29, 1.82) is 0 Å². The third kappa shape index (κ3) is 4.20. The SMILES string of the molecule is CC(C)C(C)(C(=O)OCC(O)CN=[N+]=[N-])C(C)C. The molecule has 0 aromatic heterocycles. The fourth-order valence-corrected chi connectivity index (χ4v) is 1.65. The zero-order chi connectivity index (χ0) is 14.3. The molecule has 0 aliphatic heterocycles. The van der Waals surface area contributed by atoms with Crippen molar-refractivity contribution in [2.24, 2.45) is 22.4 Å². The van der Waals surface area contributed by atoms with Gasteiger partial charge < -0.3 is 9.84 Å². The second-order valence-corrected chi connectivity index (χ2v) is 5.26. The van der Waals surface area contributed by atoms with Crippen molar-refractivity contribution >= 4 is 5.97 Å². The summed E-state index contributed by atoms with van der Waals surface area (Å²) in [5, 5.41) is 12.7. The summed E-state index contributed by atoms with van der Waals surface area (Å²) in [6.45, 7) is 9.51. The normalized spacial score (nSPS) is 13.3. The fourth-order valence-electron chi connectivity index (χ4n) is 1.65. The summed E-state index contributed by atoms with van der Waals surface area (Å²) in [5.74, 6) is -0.0500. The molecule has 0 spiro atoms. The number of aliphatic hydroxyl groups excluding tert-OH is 1. The highest BCUT2D eigenvalue weighted by Crippen LogP contribution is 2.36. The Balaban J connectivity index is 4.50. The summed E-state index contributed by atoms with van der Waals surface area (Å²) in [6, 6.07) is 0. The Bertz CT molecular complexity index is 315. The summed E-state index contributed by atoms with van der Waals surface area (Å²) < 4.78 is 5.12. The van der Waals surface area contributed by atoms with Gasteiger partial charge in [0.1, 0.15) is 6.61 Å². The highest BCUT2D eigenvalue weighted by atomic mass is 16.5. The van der Waals surface area contributed by atoms with E-state index in [9.17, 15) is 9.90 Å². The summed E-state index contributed by atoms with van der Waals surface area (Å²) in [5.41, 5.74) is 7.52. The predicted molar refractivity (Wildman–Crippen MR) is 68.8 cm³/mol. The highest BCUT2D eigenvalue weighted by molar-refractivity contribution is 5.77. The second-order valence-electron chi connectivity index (χ2n) is 5.26. The molecule has 0 heterocycles. The van der Waals surface area contributed by atoms with Gasteiger partial charge in [-0.05, 0) is 24.3 Å². The molecule has 0 aliphatic carbocycles. The van der Waals surface area contributed by atoms with Crippen LogP contribution in [-0.4, -0.2) is 30.3 Å². The fraction of sp³-hybridized carbons (Fsp3) is 0.917. The lowest BCUT2D eigenvalue weighted by Gasteiger charge is -2.35. The first-order chi connectivity index (χ1) is 8.26. The average Bonchev–Trinajstić information content (AvgIpc) is 2.31. The van der Waals surface area contributed by atoms with Crippen LogP contribution in [0.3, 0.4) is 0 Å². The zero-order valence-corrected chi connectivity index (χ0v) is 11.8. The first kappa shape index (κ1) is 16.7. The van der Waals surface area contributed by atoms with Crippen LogP contribution < -0.4 is 0 Å². The molecule has 0 rings (SSSR count). The first-order valence-corrected chi connectivity index (χ1v) is 6.12. The van der Waals surface area contributed by atoms with Crippen molar-refractivity contribution in [3.05, 3.63) is 10.4 Å². The Labute approximate surface area is 108 Å². The van der Waals surface area contributed by atoms with Crippen molar-refractivity contribution in [2.45, 2.75) is 40.7 Å². The van der Waals surface area contributed by atoms with Gasteiger partial charge in [0.15, 0.2) is 0 Å². The molecule has 104 valence electrons. The van der Waals surface area contributed by atoms with Gasteiger partial charge >= 0.3 is 5.97 Å². The number of ether oxygens (including phenoxy) is 1. The quantitative estimate of drug-likeness (QED) is 0.328. The molecule has 0 bridgehead atoms. The van der Waals surface area contributed by atoms with Crippen LogP contribution in [0.15, 0.2) is 5.11 Å². The molecule has 0 aromatic carbocycles. The molecule has 0 amide bonds. The van der Waals surface area contributed by atoms with E-state index in [4.69, 9.17) is 10.3 Å². The average molecular weight is 257 g/mol. The summed E-state index contributed by atoms with van der Waals surface area (Å²) in [6.07, 6.45) is -0.951. The van der Waals surface area contributed by atoms with Crippen LogP contribution in [-0.2, 0) is 9.53 Å². The van der Waals surface area contributed by atoms with Crippen LogP contribution in [0.4, 0.5) is 0 Å². The van der Waals surface area contributed by atoms with Crippen molar-refractivity contribution < 1.29 is 14.6 Å². The van der Waals surface area contributed by atoms with Crippen molar-refractivity contribution in [3.63, 3.8) is 0 Å². The molecule has 0 saturated heterocycles. The number of azide groups is 1. The predicted octanol–water partition coefficient (Wildman–Crippen LogP) is 2.52. The van der Waals surface area contributed by atoms with E-state index in [1.165, 1.54) is 0 Å². The maximum absolute atomic E-state index is 12.1. The van der Waals surface area contributed by atoms with E-state index in [2.05, 4.69) is 10.0 Å². The Hall–Kier alpha value is -1.26. The highest BCUT2D eigenvalue weighted by Gasteiger charge is 2.41. The van der Waals surface area contributed by atoms with E-state index < -0.39 is 11.5 Å². The van der Waals surface area contributed by atoms with Crippen molar-refractivity contribution in [2.75, 3.05) is 13.2 Å². The molecule has 0 saturated carbocycles. The summed E-state index contributed by atoms with van der Waals surface area (Å²) in [7, 11) is 0. The molecule has 1 atom stereocenters. The third-order valence-electron chi connectivity index (χ3n) is 3.60. The number of hydrogen-bond donors (Lipinski definition) is 1. The number of carbonyl (C=O) groups excluding carboxylic acids is 1. The number of esters is 1. The van der Waals surface area contributed by atoms with Gasteiger partial charge in [0.05, 0.1) is 18.1 Å². The maximum atomic E-state index is 12.1. The van der Waals surface area contributed by atoms with Crippen LogP contribution in [0, 0.1) is 17.3 Å². The molecular weight excluding hydrogens is 234 g/mol. The molecule has 0 fully saturated rings. The first-order valence-electron chi connectivity index (χ1n) is 6.12. The Morgan fingerprint density at radius 2 is 1.89 bits per heavy atom. The summed E-state index contributed by atoms with van der Waals surface area (Å²) in [4.78, 5) is 14.6. The number of rotatable bonds is 7. The standard InChI is InChI=1S/C12H23N3O3/c1-8(2)12(5,9(3)4)11(17)18-7-10(16)6-14-15-13/h8-10,16H,6-7H2,1-5H3. The van der Waals surface area contributed by atoms with Crippen LogP contribution in [0.5, 0.6) is 0 Å². The lowest BCUT2D eigenvalue weighted by atomic mass is 9.70. The van der Waals surface area contributed by atoms with Crippen molar-refractivity contribution in [1.82, 2.24) is 0 Å². The monoisotopic (exact) mass is 257 g/mol. The van der Waals surface area contributed by atoms with Gasteiger partial charge in [0, 0.05) is 4.91 Å². The lowest BCUT2D eigenvalue weighted by Crippen LogP contribution is -2.41. The Morgan fingerprint density at radius 1 is 1.39 bits per heavy atom. The van der Waals surface area contributed by atoms with Crippen molar-refractivity contribution in [3.8, 4) is 0 Å². The molecule has 0 aromatic rings. The molecule has 0 aliphatic rings. The lowest BCUT2D eigenvalue weighted by molar-refractivity contribution is -0.163. The molecule has 6 heteroatoms. The van der Waals surface area contributed by atoms with Crippen LogP contribution >= 0.6 is 0 Å². The number of aliphatic hydroxyl groups is 1. The minimum absolute atomic E-state index is 0.0934. The number of carbonyl (C=O) groups is 1. The molecule has 18 heavy (non-hydrogen) atoms. The van der Waals surface area contributed by atoms with E-state index >= 15 is 0 Å². The van der Waals surface area contributed by atoms with Gasteiger partial charge in [0.2, 0.25) is 0 Å². The largest absolute Gasteiger partial charge is 0.463 e. The van der Waals surface area contributed by atoms with Gasteiger partial charge in [-0.15, -0.1) is 0 Å². The Kier molecular flexibility index (Phi) is 6.73. The van der Waals surface area contributed by atoms with E-state index in [0.717, 1.165) is 0 Å². The topological polar surface area (TPSA) is 95.3 Å². The van der Waals surface area contributed by atoms with Gasteiger partial charge in [-0.1, -0.05) is 32.8 Å². The van der Waals surface area contributed by atoms with E-state index in [0.29, 0.717) is 0 Å². The third-order valence-corrected chi connectivity index (χ3v) is 3.60. The van der Waals surface area contributed by atoms with Crippen LogP contribution in [0.25, 0.3) is 10.4 Å². The molecule has 6 nitrogen and oxygen atoms in total. The van der Waals surface area contributed by atoms with Crippen LogP contribution in [0.2, 0.25) is 0 Å². The minimum Gasteiger partial charge on any atom is -0.463 e. The van der Waals surface area contributed by atoms with Gasteiger partial charge in [0.25, 0.3) is 0 Å². The van der Waals surface area contributed by atoms with E-state index in [-0.39, 0.29) is 31.0 Å². The second kappa shape index (κ2) is 7.24. The molecule has 1 N–H and O–H groups in total. The number of hydrogen-bond acceptors (Lipinski definition) is 4. The molecular formula is C12H23N3O3.